The Hall–Kier alpha value is -11.9. The summed E-state index contributed by atoms with van der Waals surface area (Å²) in [6, 6.07) is 100. The van der Waals surface area contributed by atoms with Crippen LogP contribution in [0.2, 0.25) is 0 Å². The van der Waals surface area contributed by atoms with Gasteiger partial charge in [-0.25, -0.2) is 0 Å². The zero-order chi connectivity index (χ0) is 78.4. The fourth-order valence-corrected chi connectivity index (χ4v) is 20.6. The predicted molar refractivity (Wildman–Crippen MR) is 460 cm³/mol. The lowest BCUT2D eigenvalue weighted by atomic mass is 9.76. The Morgan fingerprint density at radius 2 is 0.679 bits per heavy atom. The molecular formula is C101H94O9P2. The first-order valence-electron chi connectivity index (χ1n) is 38.1. The molecule has 14 aromatic rings. The van der Waals surface area contributed by atoms with E-state index in [0.29, 0.717) is 52.5 Å². The molecule has 0 amide bonds. The average Bonchev–Trinajstić information content (AvgIpc) is 0.766. The minimum Gasteiger partial charge on any atom is -0.507 e. The second-order valence-electron chi connectivity index (χ2n) is 30.0. The van der Waals surface area contributed by atoms with Crippen LogP contribution < -0.4 is 60.2 Å². The Kier molecular flexibility index (Phi) is 22.6. The van der Waals surface area contributed by atoms with Gasteiger partial charge in [-0.15, -0.1) is 0 Å². The van der Waals surface area contributed by atoms with Gasteiger partial charge < -0.3 is 42.7 Å². The first-order chi connectivity index (χ1) is 54.0. The molecule has 1 atom stereocenters. The van der Waals surface area contributed by atoms with Crippen LogP contribution >= 0.6 is 14.3 Å². The largest absolute Gasteiger partial charge is 0.507 e. The number of rotatable bonds is 26. The van der Waals surface area contributed by atoms with Crippen molar-refractivity contribution in [1.29, 1.82) is 0 Å². The molecule has 9 nitrogen and oxygen atoms in total. The SMILES string of the molecule is Cc1ccc(OCc2ccc(-c3ccc(C(C)Oc4c(C)cc(Oc5c(C)cc(C(C)(C)c6cc(C)c(Oc7cc(C)c(OCc8ccc(-c9ccc(COc%10ccc(O)c(P(=O)(c%11ccccc%11)c%11ccccc%11)c%10)cc9)cc8)c(C)c7)c(C)c6)cc5C)cc4C)cc3)cc2)c(P(=O)(c2ccccc2)c2ccccc2)c1. The summed E-state index contributed by atoms with van der Waals surface area (Å²) in [6.07, 6.45) is -0.207. The first kappa shape index (κ1) is 76.9. The minimum atomic E-state index is -3.41. The fraction of sp³-hybridized carbons (Fsp3) is 0.168. The molecule has 0 aliphatic rings. The highest BCUT2D eigenvalue weighted by atomic mass is 31.2. The molecular weight excluding hydrogens is 1420 g/mol. The van der Waals surface area contributed by atoms with Crippen LogP contribution in [0.3, 0.4) is 0 Å². The van der Waals surface area contributed by atoms with Gasteiger partial charge in [-0.2, -0.15) is 0 Å². The molecule has 0 saturated heterocycles. The van der Waals surface area contributed by atoms with Gasteiger partial charge in [0, 0.05) is 26.6 Å². The van der Waals surface area contributed by atoms with Gasteiger partial charge >= 0.3 is 0 Å². The van der Waals surface area contributed by atoms with Crippen LogP contribution in [0, 0.1) is 62.3 Å². The van der Waals surface area contributed by atoms with Crippen molar-refractivity contribution in [1.82, 2.24) is 0 Å². The molecule has 1 N–H and O–H groups in total. The molecule has 0 saturated carbocycles. The zero-order valence-electron chi connectivity index (χ0n) is 65.7. The van der Waals surface area contributed by atoms with Crippen molar-refractivity contribution in [3.8, 4) is 74.0 Å². The normalized spacial score (nSPS) is 11.9. The number of phenolic OH excluding ortho intramolecular Hbond substituents is 1. The average molecular weight is 1510 g/mol. The van der Waals surface area contributed by atoms with E-state index < -0.39 is 14.3 Å². The van der Waals surface area contributed by atoms with E-state index in [-0.39, 0.29) is 17.3 Å². The van der Waals surface area contributed by atoms with E-state index in [1.807, 2.05) is 146 Å². The highest BCUT2D eigenvalue weighted by molar-refractivity contribution is 7.86. The first-order valence-corrected chi connectivity index (χ1v) is 41.5. The van der Waals surface area contributed by atoms with Gasteiger partial charge in [-0.1, -0.05) is 268 Å². The molecule has 0 aliphatic carbocycles. The van der Waals surface area contributed by atoms with Crippen LogP contribution in [0.25, 0.3) is 22.3 Å². The molecule has 0 radical (unpaired) electrons. The molecule has 0 fully saturated rings. The molecule has 1 unspecified atom stereocenters. The Morgan fingerprint density at radius 1 is 0.330 bits per heavy atom. The second kappa shape index (κ2) is 33.0. The Labute approximate surface area is 659 Å². The quantitative estimate of drug-likeness (QED) is 0.0530. The van der Waals surface area contributed by atoms with Crippen molar-refractivity contribution in [2.24, 2.45) is 0 Å². The van der Waals surface area contributed by atoms with Crippen LogP contribution in [0.15, 0.2) is 303 Å². The standard InChI is InChI=1S/C101H94O9P2/c1-66-33-52-94(96(53-66)112(104,91-29-21-15-22-30-91)92-31-23-16-24-32-92)106-64-77-36-42-82(43-37-77)83-48-46-79(47-49-83)75(10)108-98-73(8)60-88(61-74(98)9)110-100-69(4)56-85(57-70(100)5)101(11,12)84-54-67(2)99(68(3)55-84)109-87-58-71(6)97(72(7)59-87)107-65-78-38-44-81(45-39-78)80-40-34-76(35-41-80)63-105-86-50-51-93(102)95(62-86)111(103,89-25-17-13-18-26-89)90-27-19-14-20-28-90/h13-62,75,102H,63-65H2,1-12H3. The van der Waals surface area contributed by atoms with Crippen LogP contribution in [0.5, 0.6) is 51.7 Å². The van der Waals surface area contributed by atoms with E-state index in [1.54, 1.807) is 18.2 Å². The number of aryl methyl sites for hydroxylation is 9. The van der Waals surface area contributed by atoms with E-state index in [0.717, 1.165) is 140 Å². The summed E-state index contributed by atoms with van der Waals surface area (Å²) in [5.41, 5.74) is 19.7. The maximum atomic E-state index is 15.4. The van der Waals surface area contributed by atoms with Gasteiger partial charge in [0.1, 0.15) is 77.7 Å². The molecule has 0 aliphatic heterocycles. The maximum absolute atomic E-state index is 15.4. The maximum Gasteiger partial charge on any atom is 0.174 e. The van der Waals surface area contributed by atoms with Gasteiger partial charge in [0.25, 0.3) is 0 Å². The zero-order valence-corrected chi connectivity index (χ0v) is 67.5. The molecule has 0 spiro atoms. The minimum absolute atomic E-state index is 0.0403. The van der Waals surface area contributed by atoms with Crippen molar-refractivity contribution in [2.75, 3.05) is 0 Å². The molecule has 11 heteroatoms. The van der Waals surface area contributed by atoms with Crippen LogP contribution in [-0.2, 0) is 34.4 Å². The Morgan fingerprint density at radius 3 is 1.08 bits per heavy atom. The summed E-state index contributed by atoms with van der Waals surface area (Å²) in [5.74, 6) is 5.97. The van der Waals surface area contributed by atoms with Gasteiger partial charge in [0.15, 0.2) is 14.3 Å². The highest BCUT2D eigenvalue weighted by Gasteiger charge is 2.35. The van der Waals surface area contributed by atoms with Crippen LogP contribution in [0.1, 0.15) is 110 Å². The molecule has 0 bridgehead atoms. The molecule has 562 valence electrons. The number of benzene rings is 14. The summed E-state index contributed by atoms with van der Waals surface area (Å²) >= 11 is 0. The Balaban J connectivity index is 0.563. The summed E-state index contributed by atoms with van der Waals surface area (Å²) in [7, 11) is -6.66. The number of hydrogen-bond acceptors (Lipinski definition) is 9. The van der Waals surface area contributed by atoms with E-state index in [2.05, 4.69) is 222 Å². The highest BCUT2D eigenvalue weighted by Crippen LogP contribution is 2.49. The number of phenols is 1. The molecule has 0 heterocycles. The van der Waals surface area contributed by atoms with Gasteiger partial charge in [-0.05, 0) is 224 Å². The van der Waals surface area contributed by atoms with Gasteiger partial charge in [0.05, 0.1) is 10.6 Å². The van der Waals surface area contributed by atoms with Crippen LogP contribution in [-0.4, -0.2) is 5.11 Å². The van der Waals surface area contributed by atoms with E-state index >= 15 is 9.13 Å². The molecule has 0 aromatic heterocycles. The van der Waals surface area contributed by atoms with Crippen LogP contribution in [0.4, 0.5) is 0 Å². The lowest BCUT2D eigenvalue weighted by Gasteiger charge is -2.29. The number of ether oxygens (including phenoxy) is 6. The summed E-state index contributed by atoms with van der Waals surface area (Å²) in [6.45, 7) is 26.5. The topological polar surface area (TPSA) is 110 Å². The number of hydrogen-bond donors (Lipinski definition) is 1. The van der Waals surface area contributed by atoms with Crippen molar-refractivity contribution < 1.29 is 42.7 Å². The summed E-state index contributed by atoms with van der Waals surface area (Å²) < 4.78 is 70.0. The van der Waals surface area contributed by atoms with E-state index in [4.69, 9.17) is 28.4 Å². The van der Waals surface area contributed by atoms with Crippen molar-refractivity contribution >= 4 is 46.1 Å². The van der Waals surface area contributed by atoms with Crippen molar-refractivity contribution in [2.45, 2.75) is 114 Å². The third kappa shape index (κ3) is 16.5. The monoisotopic (exact) mass is 1510 g/mol. The molecule has 14 rings (SSSR count). The lowest BCUT2D eigenvalue weighted by Crippen LogP contribution is -2.26. The summed E-state index contributed by atoms with van der Waals surface area (Å²) in [5, 5.41) is 15.0. The van der Waals surface area contributed by atoms with Crippen molar-refractivity contribution in [3.63, 3.8) is 0 Å². The molecule has 112 heavy (non-hydrogen) atoms. The smallest absolute Gasteiger partial charge is 0.174 e. The van der Waals surface area contributed by atoms with E-state index in [1.165, 1.54) is 11.1 Å². The van der Waals surface area contributed by atoms with Crippen molar-refractivity contribution in [3.05, 3.63) is 387 Å². The third-order valence-corrected chi connectivity index (χ3v) is 27.4. The molecule has 14 aromatic carbocycles. The van der Waals surface area contributed by atoms with Gasteiger partial charge in [0.2, 0.25) is 0 Å². The second-order valence-corrected chi connectivity index (χ2v) is 35.5. The predicted octanol–water partition coefficient (Wildman–Crippen LogP) is 23.6. The number of aromatic hydroxyl groups is 1. The van der Waals surface area contributed by atoms with E-state index in [9.17, 15) is 5.11 Å². The third-order valence-electron chi connectivity index (χ3n) is 21.3. The van der Waals surface area contributed by atoms with Gasteiger partial charge in [-0.3, -0.25) is 0 Å². The lowest BCUT2D eigenvalue weighted by molar-refractivity contribution is 0.223. The summed E-state index contributed by atoms with van der Waals surface area (Å²) in [4.78, 5) is 0. The Bertz CT molecular complexity index is 5630. The fourth-order valence-electron chi connectivity index (χ4n) is 15.0.